The smallest absolute Gasteiger partial charge is 0.294 e. The Kier molecular flexibility index (Phi) is 6.00. The Balaban J connectivity index is 2.00. The number of nitrogens with zero attached hydrogens (tertiary/aromatic N) is 1. The highest BCUT2D eigenvalue weighted by molar-refractivity contribution is 7.80. The van der Waals surface area contributed by atoms with Gasteiger partial charge in [0, 0.05) is 17.2 Å². The van der Waals surface area contributed by atoms with Crippen molar-refractivity contribution in [3.8, 4) is 0 Å². The quantitative estimate of drug-likeness (QED) is 0.375. The van der Waals surface area contributed by atoms with Crippen LogP contribution in [-0.2, 0) is 4.79 Å². The molecule has 0 fully saturated rings. The highest BCUT2D eigenvalue weighted by Gasteiger charge is 2.15. The van der Waals surface area contributed by atoms with Gasteiger partial charge in [-0.1, -0.05) is 41.9 Å². The number of carbonyl (C=O) groups is 1. The third-order valence-electron chi connectivity index (χ3n) is 2.87. The van der Waals surface area contributed by atoms with Crippen molar-refractivity contribution in [1.82, 2.24) is 5.32 Å². The fourth-order valence-corrected chi connectivity index (χ4v) is 2.18. The Morgan fingerprint density at radius 2 is 1.92 bits per heavy atom. The van der Waals surface area contributed by atoms with Crippen LogP contribution in [0.15, 0.2) is 54.6 Å². The van der Waals surface area contributed by atoms with Gasteiger partial charge in [-0.3, -0.25) is 20.2 Å². The van der Waals surface area contributed by atoms with E-state index in [9.17, 15) is 14.9 Å². The van der Waals surface area contributed by atoms with Crippen molar-refractivity contribution < 1.29 is 9.72 Å². The fourth-order valence-electron chi connectivity index (χ4n) is 1.80. The lowest BCUT2D eigenvalue weighted by molar-refractivity contribution is -0.383. The lowest BCUT2D eigenvalue weighted by atomic mass is 10.2. The molecule has 0 aliphatic heterocycles. The minimum absolute atomic E-state index is 0.0527. The Labute approximate surface area is 148 Å². The van der Waals surface area contributed by atoms with Crippen molar-refractivity contribution in [3.63, 3.8) is 0 Å². The number of nitrogens with one attached hydrogen (secondary N) is 2. The molecular formula is C16H12ClN3O3S. The fraction of sp³-hybridized carbons (Fsp3) is 0. The van der Waals surface area contributed by atoms with E-state index in [4.69, 9.17) is 23.8 Å². The second-order valence-electron chi connectivity index (χ2n) is 4.61. The third-order valence-corrected chi connectivity index (χ3v) is 3.31. The number of hydrogen-bond donors (Lipinski definition) is 2. The van der Waals surface area contributed by atoms with E-state index in [1.165, 1.54) is 24.3 Å². The second-order valence-corrected chi connectivity index (χ2v) is 5.45. The molecule has 2 aromatic rings. The largest absolute Gasteiger partial charge is 0.327 e. The molecule has 24 heavy (non-hydrogen) atoms. The van der Waals surface area contributed by atoms with Crippen LogP contribution in [0.5, 0.6) is 0 Å². The molecule has 8 heteroatoms. The van der Waals surface area contributed by atoms with Crippen molar-refractivity contribution in [2.75, 3.05) is 5.32 Å². The molecule has 2 N–H and O–H groups in total. The molecule has 0 atom stereocenters. The van der Waals surface area contributed by atoms with Gasteiger partial charge >= 0.3 is 0 Å². The van der Waals surface area contributed by atoms with Crippen LogP contribution in [-0.4, -0.2) is 15.9 Å². The van der Waals surface area contributed by atoms with Crippen LogP contribution in [0.3, 0.4) is 0 Å². The van der Waals surface area contributed by atoms with E-state index in [2.05, 4.69) is 10.6 Å². The summed E-state index contributed by atoms with van der Waals surface area (Å²) < 4.78 is 0. The topological polar surface area (TPSA) is 84.3 Å². The van der Waals surface area contributed by atoms with Gasteiger partial charge in [-0.2, -0.15) is 0 Å². The average Bonchev–Trinajstić information content (AvgIpc) is 2.55. The van der Waals surface area contributed by atoms with Crippen LogP contribution < -0.4 is 10.6 Å². The summed E-state index contributed by atoms with van der Waals surface area (Å²) in [6.45, 7) is 0. The summed E-state index contributed by atoms with van der Waals surface area (Å²) in [5, 5.41) is 16.2. The Morgan fingerprint density at radius 1 is 1.21 bits per heavy atom. The number of anilines is 1. The van der Waals surface area contributed by atoms with E-state index in [0.717, 1.165) is 5.56 Å². The zero-order valence-corrected chi connectivity index (χ0v) is 13.8. The molecule has 0 unspecified atom stereocenters. The summed E-state index contributed by atoms with van der Waals surface area (Å²) in [6.07, 6.45) is 2.95. The number of hydrogen-bond acceptors (Lipinski definition) is 4. The molecule has 2 rings (SSSR count). The summed E-state index contributed by atoms with van der Waals surface area (Å²) in [5.41, 5.74) is 0.764. The molecule has 0 radical (unpaired) electrons. The first kappa shape index (κ1) is 17.6. The van der Waals surface area contributed by atoms with Crippen molar-refractivity contribution in [2.45, 2.75) is 0 Å². The first-order valence-corrected chi connectivity index (χ1v) is 7.53. The monoisotopic (exact) mass is 361 g/mol. The maximum atomic E-state index is 11.8. The van der Waals surface area contributed by atoms with Crippen molar-refractivity contribution in [3.05, 3.63) is 75.3 Å². The molecule has 0 bridgehead atoms. The highest BCUT2D eigenvalue weighted by atomic mass is 35.5. The van der Waals surface area contributed by atoms with Gasteiger partial charge in [0.15, 0.2) is 5.11 Å². The van der Waals surface area contributed by atoms with Crippen molar-refractivity contribution >= 4 is 52.3 Å². The van der Waals surface area contributed by atoms with Crippen LogP contribution >= 0.6 is 23.8 Å². The van der Waals surface area contributed by atoms with Gasteiger partial charge < -0.3 is 5.32 Å². The number of halogens is 1. The highest BCUT2D eigenvalue weighted by Crippen LogP contribution is 2.27. The first-order valence-electron chi connectivity index (χ1n) is 6.75. The predicted molar refractivity (Wildman–Crippen MR) is 97.9 cm³/mol. The molecule has 0 spiro atoms. The summed E-state index contributed by atoms with van der Waals surface area (Å²) in [7, 11) is 0. The number of amides is 1. The summed E-state index contributed by atoms with van der Waals surface area (Å²) >= 11 is 10.7. The van der Waals surface area contributed by atoms with E-state index >= 15 is 0 Å². The van der Waals surface area contributed by atoms with Crippen LogP contribution in [0.4, 0.5) is 11.4 Å². The van der Waals surface area contributed by atoms with Gasteiger partial charge in [0.1, 0.15) is 5.69 Å². The molecule has 6 nitrogen and oxygen atoms in total. The summed E-state index contributed by atoms with van der Waals surface area (Å²) in [5.74, 6) is -0.451. The first-order chi connectivity index (χ1) is 11.5. The lowest BCUT2D eigenvalue weighted by Gasteiger charge is -2.08. The molecule has 0 aliphatic carbocycles. The zero-order valence-electron chi connectivity index (χ0n) is 12.2. The zero-order chi connectivity index (χ0) is 17.5. The third kappa shape index (κ3) is 5.15. The van der Waals surface area contributed by atoms with Crippen LogP contribution in [0, 0.1) is 10.1 Å². The molecular weight excluding hydrogens is 350 g/mol. The molecule has 0 heterocycles. The van der Waals surface area contributed by atoms with Gasteiger partial charge in [0.05, 0.1) is 4.92 Å². The van der Waals surface area contributed by atoms with E-state index in [-0.39, 0.29) is 21.5 Å². The van der Waals surface area contributed by atoms with Crippen molar-refractivity contribution in [1.29, 1.82) is 0 Å². The molecule has 1 amide bonds. The van der Waals surface area contributed by atoms with Crippen LogP contribution in [0.25, 0.3) is 6.08 Å². The van der Waals surface area contributed by atoms with Gasteiger partial charge in [0.25, 0.3) is 5.69 Å². The molecule has 122 valence electrons. The number of benzene rings is 2. The number of nitro benzene ring substituents is 1. The molecule has 0 saturated heterocycles. The van der Waals surface area contributed by atoms with Crippen LogP contribution in [0.1, 0.15) is 5.56 Å². The van der Waals surface area contributed by atoms with Crippen molar-refractivity contribution in [2.24, 2.45) is 0 Å². The van der Waals surface area contributed by atoms with Gasteiger partial charge in [-0.05, 0) is 36.0 Å². The normalized spacial score (nSPS) is 10.4. The van der Waals surface area contributed by atoms with E-state index in [1.807, 2.05) is 30.3 Å². The number of nitro groups is 1. The van der Waals surface area contributed by atoms with Gasteiger partial charge in [0.2, 0.25) is 5.91 Å². The van der Waals surface area contributed by atoms with E-state index in [0.29, 0.717) is 0 Å². The van der Waals surface area contributed by atoms with Crippen LogP contribution in [0.2, 0.25) is 5.02 Å². The van der Waals surface area contributed by atoms with E-state index in [1.54, 1.807) is 6.08 Å². The Hall–Kier alpha value is -2.77. The number of carbonyl (C=O) groups excluding carboxylic acids is 1. The standard InChI is InChI=1S/C16H12ClN3O3S/c17-12-7-8-13(14(10-12)20(22)23)18-16(24)19-15(21)9-6-11-4-2-1-3-5-11/h1-10H,(H2,18,19,21,24). The van der Waals surface area contributed by atoms with E-state index < -0.39 is 10.8 Å². The maximum Gasteiger partial charge on any atom is 0.294 e. The molecule has 0 aromatic heterocycles. The number of rotatable bonds is 4. The molecule has 2 aromatic carbocycles. The summed E-state index contributed by atoms with van der Waals surface area (Å²) in [4.78, 5) is 22.2. The van der Waals surface area contributed by atoms with Gasteiger partial charge in [-0.15, -0.1) is 0 Å². The Bertz CT molecular complexity index is 809. The Morgan fingerprint density at radius 3 is 2.58 bits per heavy atom. The lowest BCUT2D eigenvalue weighted by Crippen LogP contribution is -2.33. The minimum atomic E-state index is -0.589. The molecule has 0 aliphatic rings. The average molecular weight is 362 g/mol. The summed E-state index contributed by atoms with van der Waals surface area (Å²) in [6, 6.07) is 13.4. The maximum absolute atomic E-state index is 11.8. The predicted octanol–water partition coefficient (Wildman–Crippen LogP) is 3.77. The second kappa shape index (κ2) is 8.19. The SMILES string of the molecule is O=C(C=Cc1ccccc1)NC(=S)Nc1ccc(Cl)cc1[N+](=O)[O-]. The number of thiocarbonyl (C=S) groups is 1. The minimum Gasteiger partial charge on any atom is -0.327 e. The van der Waals surface area contributed by atoms with Gasteiger partial charge in [-0.25, -0.2) is 0 Å². The molecule has 0 saturated carbocycles.